The third-order valence-corrected chi connectivity index (χ3v) is 7.06. The topological polar surface area (TPSA) is 20.2 Å². The highest BCUT2D eigenvalue weighted by atomic mass is 32.2. The van der Waals surface area contributed by atoms with Crippen molar-refractivity contribution in [3.63, 3.8) is 0 Å². The van der Waals surface area contributed by atoms with Crippen molar-refractivity contribution in [3.8, 4) is 0 Å². The van der Waals surface area contributed by atoms with Crippen LogP contribution in [0.2, 0.25) is 0 Å². The third kappa shape index (κ3) is 2.90. The molecule has 0 aliphatic carbocycles. The molecule has 2 aromatic rings. The average Bonchev–Trinajstić information content (AvgIpc) is 2.72. The van der Waals surface area contributed by atoms with E-state index in [-0.39, 0.29) is 21.2 Å². The van der Waals surface area contributed by atoms with Crippen LogP contribution in [-0.4, -0.2) is 11.8 Å². The summed E-state index contributed by atoms with van der Waals surface area (Å²) in [6.07, 6.45) is 0.545. The minimum Gasteiger partial charge on any atom is -0.508 e. The minimum atomic E-state index is -1.23. The smallest absolute Gasteiger partial charge is 0.186 e. The van der Waals surface area contributed by atoms with Gasteiger partial charge in [-0.25, -0.2) is 0 Å². The van der Waals surface area contributed by atoms with Gasteiger partial charge in [-0.15, -0.1) is 0 Å². The second-order valence-corrected chi connectivity index (χ2v) is 10.2. The quantitative estimate of drug-likeness (QED) is 0.572. The largest absolute Gasteiger partial charge is 0.508 e. The van der Waals surface area contributed by atoms with Gasteiger partial charge in [-0.1, -0.05) is 50.0 Å². The van der Waals surface area contributed by atoms with Gasteiger partial charge in [0.05, 0.1) is 4.01 Å². The minimum absolute atomic E-state index is 0.0353. The molecular formula is C14H17F2OPS2. The zero-order chi connectivity index (χ0) is 15.2. The van der Waals surface area contributed by atoms with E-state index in [9.17, 15) is 13.9 Å². The van der Waals surface area contributed by atoms with Crippen molar-refractivity contribution in [1.29, 1.82) is 0 Å². The Morgan fingerprint density at radius 2 is 1.80 bits per heavy atom. The molecule has 0 amide bonds. The van der Waals surface area contributed by atoms with Gasteiger partial charge in [-0.05, 0) is 26.4 Å². The molecule has 20 heavy (non-hydrogen) atoms. The Bertz CT molecular complexity index is 667. The number of halogens is 2. The van der Waals surface area contributed by atoms with E-state index >= 15 is 0 Å². The highest BCUT2D eigenvalue weighted by molar-refractivity contribution is 7.70. The predicted molar refractivity (Wildman–Crippen MR) is 87.0 cm³/mol. The molecule has 0 fully saturated rings. The third-order valence-electron chi connectivity index (χ3n) is 2.96. The Labute approximate surface area is 126 Å². The van der Waals surface area contributed by atoms with E-state index in [1.807, 2.05) is 20.8 Å². The summed E-state index contributed by atoms with van der Waals surface area (Å²) in [4.78, 5) is 0. The predicted octanol–water partition coefficient (Wildman–Crippen LogP) is 5.60. The van der Waals surface area contributed by atoms with Crippen LogP contribution in [0.1, 0.15) is 26.3 Å². The molecule has 0 aliphatic rings. The Balaban J connectivity index is 2.69. The highest BCUT2D eigenvalue weighted by Gasteiger charge is 2.28. The summed E-state index contributed by atoms with van der Waals surface area (Å²) in [5, 5.41) is 10.1. The average molecular weight is 334 g/mol. The van der Waals surface area contributed by atoms with Crippen molar-refractivity contribution in [2.45, 2.75) is 27.2 Å². The van der Waals surface area contributed by atoms with E-state index in [1.54, 1.807) is 6.66 Å². The van der Waals surface area contributed by atoms with Crippen LogP contribution >= 0.6 is 30.6 Å². The van der Waals surface area contributed by atoms with Crippen LogP contribution in [0.25, 0.3) is 9.40 Å². The summed E-state index contributed by atoms with van der Waals surface area (Å²) in [5.74, 6) is 0. The molecule has 0 aliphatic heterocycles. The molecule has 1 unspecified atom stereocenters. The van der Waals surface area contributed by atoms with Crippen molar-refractivity contribution in [3.05, 3.63) is 27.9 Å². The first kappa shape index (κ1) is 15.9. The number of aliphatic hydroxyl groups is 1. The lowest BCUT2D eigenvalue weighted by Crippen LogP contribution is -2.12. The standard InChI is InChI=1S/C14H17F2OPS2/c1-7(17)18(5)10-9-8(6-14(2,3)4)11(15)19-13(9)20-12(10)16/h17H,1,6H2,2-5H3. The Hall–Kier alpha value is -0.510. The van der Waals surface area contributed by atoms with E-state index in [0.29, 0.717) is 26.7 Å². The summed E-state index contributed by atoms with van der Waals surface area (Å²) >= 11 is 1.96. The summed E-state index contributed by atoms with van der Waals surface area (Å²) in [6.45, 7) is 11.3. The first-order valence-electron chi connectivity index (χ1n) is 6.12. The molecular weight excluding hydrogens is 317 g/mol. The number of hydrogen-bond acceptors (Lipinski definition) is 3. The fraction of sp³-hybridized carbons (Fsp3) is 0.429. The van der Waals surface area contributed by atoms with Gasteiger partial charge in [-0.3, -0.25) is 0 Å². The molecule has 1 atom stereocenters. The molecule has 0 radical (unpaired) electrons. The van der Waals surface area contributed by atoms with Crippen molar-refractivity contribution >= 4 is 45.3 Å². The van der Waals surface area contributed by atoms with E-state index in [0.717, 1.165) is 22.7 Å². The fourth-order valence-electron chi connectivity index (χ4n) is 2.07. The number of rotatable bonds is 3. The van der Waals surface area contributed by atoms with Gasteiger partial charge in [0.15, 0.2) is 10.3 Å². The summed E-state index contributed by atoms with van der Waals surface area (Å²) in [5.41, 5.74) is 0.451. The summed E-state index contributed by atoms with van der Waals surface area (Å²) < 4.78 is 29.0. The Kier molecular flexibility index (Phi) is 4.25. The molecule has 2 heterocycles. The van der Waals surface area contributed by atoms with Gasteiger partial charge in [-0.2, -0.15) is 8.78 Å². The first-order valence-corrected chi connectivity index (χ1v) is 9.55. The normalized spacial score (nSPS) is 13.9. The van der Waals surface area contributed by atoms with E-state index in [1.165, 1.54) is 0 Å². The number of aliphatic hydroxyl groups excluding tert-OH is 1. The second kappa shape index (κ2) is 5.36. The lowest BCUT2D eigenvalue weighted by molar-refractivity contribution is 0.406. The van der Waals surface area contributed by atoms with Crippen molar-refractivity contribution in [2.75, 3.05) is 6.66 Å². The van der Waals surface area contributed by atoms with E-state index < -0.39 is 7.92 Å². The molecule has 1 N–H and O–H groups in total. The van der Waals surface area contributed by atoms with Crippen molar-refractivity contribution < 1.29 is 13.9 Å². The Morgan fingerprint density at radius 3 is 2.30 bits per heavy atom. The van der Waals surface area contributed by atoms with Crippen LogP contribution in [0.4, 0.5) is 8.78 Å². The van der Waals surface area contributed by atoms with Crippen molar-refractivity contribution in [1.82, 2.24) is 0 Å². The van der Waals surface area contributed by atoms with Gasteiger partial charge in [0, 0.05) is 16.3 Å². The zero-order valence-corrected chi connectivity index (χ0v) is 14.4. The van der Waals surface area contributed by atoms with Crippen LogP contribution in [0.5, 0.6) is 0 Å². The van der Waals surface area contributed by atoms with Gasteiger partial charge in [0.25, 0.3) is 0 Å². The number of thiophene rings is 2. The van der Waals surface area contributed by atoms with Crippen LogP contribution in [0, 0.1) is 15.7 Å². The molecule has 2 rings (SSSR count). The molecule has 110 valence electrons. The van der Waals surface area contributed by atoms with Crippen LogP contribution in [0.3, 0.4) is 0 Å². The summed E-state index contributed by atoms with van der Waals surface area (Å²) in [6, 6.07) is 0. The van der Waals surface area contributed by atoms with Gasteiger partial charge >= 0.3 is 0 Å². The monoisotopic (exact) mass is 334 g/mol. The molecule has 0 aromatic carbocycles. The van der Waals surface area contributed by atoms with Crippen molar-refractivity contribution in [2.24, 2.45) is 5.41 Å². The zero-order valence-electron chi connectivity index (χ0n) is 11.9. The maximum Gasteiger partial charge on any atom is 0.186 e. The van der Waals surface area contributed by atoms with Crippen LogP contribution in [-0.2, 0) is 6.42 Å². The van der Waals surface area contributed by atoms with Crippen LogP contribution in [0.15, 0.2) is 12.1 Å². The fourth-order valence-corrected chi connectivity index (χ4v) is 5.96. The first-order chi connectivity index (χ1) is 9.11. The molecule has 0 saturated carbocycles. The molecule has 6 heteroatoms. The molecule has 0 bridgehead atoms. The van der Waals surface area contributed by atoms with Gasteiger partial charge < -0.3 is 5.11 Å². The maximum absolute atomic E-state index is 14.2. The lowest BCUT2D eigenvalue weighted by Gasteiger charge is -2.18. The van der Waals surface area contributed by atoms with E-state index in [4.69, 9.17) is 0 Å². The molecule has 1 nitrogen and oxygen atoms in total. The summed E-state index contributed by atoms with van der Waals surface area (Å²) in [7, 11) is -1.23. The maximum atomic E-state index is 14.2. The second-order valence-electron chi connectivity index (χ2n) is 5.95. The SMILES string of the molecule is C=C(O)P(C)c1c(F)sc2sc(F)c(CC(C)(C)C)c12. The van der Waals surface area contributed by atoms with E-state index in [2.05, 4.69) is 6.58 Å². The van der Waals surface area contributed by atoms with Gasteiger partial charge in [0.1, 0.15) is 5.50 Å². The molecule has 0 spiro atoms. The lowest BCUT2D eigenvalue weighted by atomic mass is 9.88. The Morgan fingerprint density at radius 1 is 1.25 bits per heavy atom. The highest BCUT2D eigenvalue weighted by Crippen LogP contribution is 2.47. The van der Waals surface area contributed by atoms with Crippen LogP contribution < -0.4 is 5.30 Å². The molecule has 0 saturated heterocycles. The molecule has 2 aromatic heterocycles. The number of fused-ring (bicyclic) bond motifs is 1. The van der Waals surface area contributed by atoms with Gasteiger partial charge in [0.2, 0.25) is 0 Å². The number of hydrogen-bond donors (Lipinski definition) is 1.